The third-order valence-electron chi connectivity index (χ3n) is 5.45. The standard InChI is InChI=1S/C20H27N5O2/c1-14(15-8-9-15)25-13-17(12-23-25)24-20(26)22-11-16-5-4-10-21-19(16)27-18-6-2-3-7-18/h4-5,10,12-15,18H,2-3,6-9,11H2,1H3,(H2,22,24,26). The fourth-order valence-corrected chi connectivity index (χ4v) is 3.60. The summed E-state index contributed by atoms with van der Waals surface area (Å²) in [6.45, 7) is 2.54. The number of urea groups is 1. The number of nitrogens with zero attached hydrogens (tertiary/aromatic N) is 3. The van der Waals surface area contributed by atoms with E-state index in [4.69, 9.17) is 4.74 Å². The summed E-state index contributed by atoms with van der Waals surface area (Å²) < 4.78 is 7.95. The van der Waals surface area contributed by atoms with Crippen molar-refractivity contribution < 1.29 is 9.53 Å². The van der Waals surface area contributed by atoms with Crippen LogP contribution in [0, 0.1) is 5.92 Å². The van der Waals surface area contributed by atoms with Crippen molar-refractivity contribution in [3.8, 4) is 5.88 Å². The smallest absolute Gasteiger partial charge is 0.319 e. The quantitative estimate of drug-likeness (QED) is 0.776. The van der Waals surface area contributed by atoms with E-state index in [-0.39, 0.29) is 12.1 Å². The van der Waals surface area contributed by atoms with Gasteiger partial charge in [0.1, 0.15) is 6.10 Å². The predicted molar refractivity (Wildman–Crippen MR) is 103 cm³/mol. The summed E-state index contributed by atoms with van der Waals surface area (Å²) >= 11 is 0. The molecule has 1 atom stereocenters. The first-order chi connectivity index (χ1) is 13.2. The lowest BCUT2D eigenvalue weighted by Gasteiger charge is -2.15. The average Bonchev–Trinajstić information content (AvgIpc) is 3.20. The predicted octanol–water partition coefficient (Wildman–Crippen LogP) is 3.89. The number of pyridine rings is 1. The molecule has 144 valence electrons. The molecule has 7 nitrogen and oxygen atoms in total. The highest BCUT2D eigenvalue weighted by Crippen LogP contribution is 2.39. The molecule has 2 fully saturated rings. The number of nitrogens with one attached hydrogen (secondary N) is 2. The molecule has 0 aromatic carbocycles. The molecule has 0 spiro atoms. The van der Waals surface area contributed by atoms with Gasteiger partial charge in [0, 0.05) is 24.5 Å². The van der Waals surface area contributed by atoms with Crippen molar-refractivity contribution in [1.29, 1.82) is 0 Å². The maximum absolute atomic E-state index is 12.2. The van der Waals surface area contributed by atoms with Crippen LogP contribution in [-0.2, 0) is 6.54 Å². The van der Waals surface area contributed by atoms with E-state index in [1.807, 2.05) is 23.0 Å². The SMILES string of the molecule is CC(C1CC1)n1cc(NC(=O)NCc2cccnc2OC2CCCC2)cn1. The number of rotatable bonds is 7. The van der Waals surface area contributed by atoms with Gasteiger partial charge in [0.15, 0.2) is 0 Å². The zero-order valence-corrected chi connectivity index (χ0v) is 15.7. The van der Waals surface area contributed by atoms with E-state index in [0.29, 0.717) is 24.2 Å². The van der Waals surface area contributed by atoms with Gasteiger partial charge in [-0.05, 0) is 57.4 Å². The highest BCUT2D eigenvalue weighted by atomic mass is 16.5. The summed E-state index contributed by atoms with van der Waals surface area (Å²) in [7, 11) is 0. The summed E-state index contributed by atoms with van der Waals surface area (Å²) in [5.41, 5.74) is 1.59. The van der Waals surface area contributed by atoms with Crippen LogP contribution in [0.25, 0.3) is 0 Å². The fourth-order valence-electron chi connectivity index (χ4n) is 3.60. The van der Waals surface area contributed by atoms with Gasteiger partial charge in [-0.25, -0.2) is 9.78 Å². The van der Waals surface area contributed by atoms with Crippen LogP contribution in [0.15, 0.2) is 30.7 Å². The van der Waals surface area contributed by atoms with Crippen molar-refractivity contribution in [2.24, 2.45) is 5.92 Å². The van der Waals surface area contributed by atoms with E-state index in [0.717, 1.165) is 24.3 Å². The zero-order valence-electron chi connectivity index (χ0n) is 15.7. The van der Waals surface area contributed by atoms with Gasteiger partial charge < -0.3 is 15.4 Å². The Morgan fingerprint density at radius 1 is 1.33 bits per heavy atom. The van der Waals surface area contributed by atoms with Gasteiger partial charge in [-0.3, -0.25) is 4.68 Å². The Labute approximate surface area is 159 Å². The Bertz CT molecular complexity index is 780. The van der Waals surface area contributed by atoms with Gasteiger partial charge >= 0.3 is 6.03 Å². The van der Waals surface area contributed by atoms with Gasteiger partial charge in [-0.15, -0.1) is 0 Å². The van der Waals surface area contributed by atoms with E-state index in [1.165, 1.54) is 25.7 Å². The minimum absolute atomic E-state index is 0.242. The molecule has 2 amide bonds. The van der Waals surface area contributed by atoms with Gasteiger partial charge in [0.25, 0.3) is 0 Å². The van der Waals surface area contributed by atoms with E-state index in [1.54, 1.807) is 12.4 Å². The minimum Gasteiger partial charge on any atom is -0.474 e. The zero-order chi connectivity index (χ0) is 18.6. The van der Waals surface area contributed by atoms with Crippen molar-refractivity contribution in [2.45, 2.75) is 64.1 Å². The molecule has 7 heteroatoms. The van der Waals surface area contributed by atoms with Gasteiger partial charge in [0.05, 0.1) is 17.9 Å². The third-order valence-corrected chi connectivity index (χ3v) is 5.45. The molecule has 0 saturated heterocycles. The summed E-state index contributed by atoms with van der Waals surface area (Å²) in [6, 6.07) is 3.92. The van der Waals surface area contributed by atoms with Crippen LogP contribution < -0.4 is 15.4 Å². The summed E-state index contributed by atoms with van der Waals surface area (Å²) in [6.07, 6.45) is 12.6. The molecule has 2 N–H and O–H groups in total. The van der Waals surface area contributed by atoms with Crippen molar-refractivity contribution >= 4 is 11.7 Å². The van der Waals surface area contributed by atoms with Crippen molar-refractivity contribution in [1.82, 2.24) is 20.1 Å². The number of carbonyl (C=O) groups excluding carboxylic acids is 1. The average molecular weight is 369 g/mol. The largest absolute Gasteiger partial charge is 0.474 e. The molecule has 2 heterocycles. The van der Waals surface area contributed by atoms with E-state index in [9.17, 15) is 4.79 Å². The maximum atomic E-state index is 12.2. The first-order valence-electron chi connectivity index (χ1n) is 9.88. The Balaban J connectivity index is 1.30. The molecule has 2 aliphatic rings. The number of carbonyl (C=O) groups is 1. The number of anilines is 1. The van der Waals surface area contributed by atoms with E-state index >= 15 is 0 Å². The second kappa shape index (κ2) is 7.98. The molecule has 4 rings (SSSR count). The molecule has 2 aromatic rings. The minimum atomic E-state index is -0.260. The second-order valence-electron chi connectivity index (χ2n) is 7.59. The Hall–Kier alpha value is -2.57. The molecule has 0 radical (unpaired) electrons. The maximum Gasteiger partial charge on any atom is 0.319 e. The van der Waals surface area contributed by atoms with Crippen LogP contribution in [-0.4, -0.2) is 26.9 Å². The van der Waals surface area contributed by atoms with Crippen LogP contribution >= 0.6 is 0 Å². The first kappa shape index (κ1) is 17.8. The summed E-state index contributed by atoms with van der Waals surface area (Å²) in [5.74, 6) is 1.34. The second-order valence-corrected chi connectivity index (χ2v) is 7.59. The lowest BCUT2D eigenvalue weighted by molar-refractivity contribution is 0.199. The molecular weight excluding hydrogens is 342 g/mol. The lowest BCUT2D eigenvalue weighted by Crippen LogP contribution is -2.28. The Morgan fingerprint density at radius 3 is 2.93 bits per heavy atom. The van der Waals surface area contributed by atoms with Crippen molar-refractivity contribution in [3.05, 3.63) is 36.3 Å². The number of hydrogen-bond acceptors (Lipinski definition) is 4. The lowest BCUT2D eigenvalue weighted by atomic mass is 10.2. The Kier molecular flexibility index (Phi) is 5.27. The van der Waals surface area contributed by atoms with Crippen LogP contribution in [0.4, 0.5) is 10.5 Å². The molecule has 0 aliphatic heterocycles. The molecule has 2 saturated carbocycles. The molecule has 2 aliphatic carbocycles. The van der Waals surface area contributed by atoms with E-state index < -0.39 is 0 Å². The van der Waals surface area contributed by atoms with Gasteiger partial charge in [-0.2, -0.15) is 5.10 Å². The molecule has 1 unspecified atom stereocenters. The summed E-state index contributed by atoms with van der Waals surface area (Å²) in [4.78, 5) is 16.6. The fraction of sp³-hybridized carbons (Fsp3) is 0.550. The van der Waals surface area contributed by atoms with Crippen LogP contribution in [0.5, 0.6) is 5.88 Å². The monoisotopic (exact) mass is 369 g/mol. The summed E-state index contributed by atoms with van der Waals surface area (Å²) in [5, 5.41) is 10.1. The molecular formula is C20H27N5O2. The highest BCUT2D eigenvalue weighted by Gasteiger charge is 2.29. The number of aromatic nitrogens is 3. The van der Waals surface area contributed by atoms with Gasteiger partial charge in [0.2, 0.25) is 5.88 Å². The molecule has 2 aromatic heterocycles. The number of hydrogen-bond donors (Lipinski definition) is 2. The van der Waals surface area contributed by atoms with Crippen LogP contribution in [0.1, 0.15) is 57.1 Å². The van der Waals surface area contributed by atoms with Crippen molar-refractivity contribution in [3.63, 3.8) is 0 Å². The third kappa shape index (κ3) is 4.59. The number of amides is 2. The van der Waals surface area contributed by atoms with Gasteiger partial charge in [-0.1, -0.05) is 6.07 Å². The topological polar surface area (TPSA) is 81.1 Å². The molecule has 27 heavy (non-hydrogen) atoms. The van der Waals surface area contributed by atoms with Crippen LogP contribution in [0.3, 0.4) is 0 Å². The first-order valence-corrected chi connectivity index (χ1v) is 9.88. The number of ether oxygens (including phenoxy) is 1. The normalized spacial score (nSPS) is 18.3. The molecule has 0 bridgehead atoms. The highest BCUT2D eigenvalue weighted by molar-refractivity contribution is 5.88. The Morgan fingerprint density at radius 2 is 2.15 bits per heavy atom. The van der Waals surface area contributed by atoms with E-state index in [2.05, 4.69) is 27.6 Å². The van der Waals surface area contributed by atoms with Crippen molar-refractivity contribution in [2.75, 3.05) is 5.32 Å². The van der Waals surface area contributed by atoms with Crippen LogP contribution in [0.2, 0.25) is 0 Å².